The van der Waals surface area contributed by atoms with E-state index in [1.165, 1.54) is 6.08 Å². The molecule has 1 fully saturated rings. The van der Waals surface area contributed by atoms with Crippen molar-refractivity contribution in [3.05, 3.63) is 40.9 Å². The fourth-order valence-electron chi connectivity index (χ4n) is 1.98. The molecule has 1 aliphatic rings. The number of benzene rings is 1. The van der Waals surface area contributed by atoms with Crippen LogP contribution in [0.5, 0.6) is 0 Å². The second-order valence-corrected chi connectivity index (χ2v) is 5.05. The van der Waals surface area contributed by atoms with Crippen LogP contribution < -0.4 is 5.32 Å². The summed E-state index contributed by atoms with van der Waals surface area (Å²) in [5.41, 5.74) is -0.281. The van der Waals surface area contributed by atoms with Gasteiger partial charge in [-0.05, 0) is 43.0 Å². The molecular weight excluding hydrogens is 266 g/mol. The van der Waals surface area contributed by atoms with E-state index in [4.69, 9.17) is 16.7 Å². The summed E-state index contributed by atoms with van der Waals surface area (Å²) in [6.07, 6.45) is 4.73. The Morgan fingerprint density at radius 1 is 1.37 bits per heavy atom. The number of hydrogen-bond acceptors (Lipinski definition) is 2. The number of hydrogen-bond donors (Lipinski definition) is 2. The number of carboxylic acids is 1. The van der Waals surface area contributed by atoms with Crippen molar-refractivity contribution in [2.24, 2.45) is 0 Å². The summed E-state index contributed by atoms with van der Waals surface area (Å²) in [6, 6.07) is 7.06. The Balaban J connectivity index is 2.00. The number of halogens is 1. The van der Waals surface area contributed by atoms with Gasteiger partial charge in [0.05, 0.1) is 0 Å². The van der Waals surface area contributed by atoms with E-state index in [2.05, 4.69) is 5.32 Å². The van der Waals surface area contributed by atoms with E-state index in [0.717, 1.165) is 12.0 Å². The Labute approximate surface area is 116 Å². The molecule has 0 spiro atoms. The Kier molecular flexibility index (Phi) is 3.90. The van der Waals surface area contributed by atoms with Gasteiger partial charge in [0.2, 0.25) is 5.91 Å². The predicted molar refractivity (Wildman–Crippen MR) is 72.8 cm³/mol. The Hall–Kier alpha value is -1.81. The Morgan fingerprint density at radius 2 is 2.11 bits per heavy atom. The molecule has 5 heteroatoms. The Morgan fingerprint density at radius 3 is 2.63 bits per heavy atom. The molecule has 1 amide bonds. The molecule has 1 aromatic carbocycles. The highest BCUT2D eigenvalue weighted by Gasteiger charge is 2.45. The lowest BCUT2D eigenvalue weighted by Gasteiger charge is -2.37. The molecule has 100 valence electrons. The maximum atomic E-state index is 11.7. The van der Waals surface area contributed by atoms with Gasteiger partial charge in [0.15, 0.2) is 0 Å². The van der Waals surface area contributed by atoms with Crippen molar-refractivity contribution < 1.29 is 14.7 Å². The van der Waals surface area contributed by atoms with Crippen molar-refractivity contribution in [1.82, 2.24) is 5.32 Å². The summed E-state index contributed by atoms with van der Waals surface area (Å²) in [6.45, 7) is 0. The third kappa shape index (κ3) is 3.15. The second-order valence-electron chi connectivity index (χ2n) is 4.62. The average molecular weight is 280 g/mol. The van der Waals surface area contributed by atoms with Gasteiger partial charge in [-0.15, -0.1) is 0 Å². The molecule has 0 radical (unpaired) electrons. The molecule has 2 rings (SSSR count). The van der Waals surface area contributed by atoms with E-state index >= 15 is 0 Å². The summed E-state index contributed by atoms with van der Waals surface area (Å²) in [4.78, 5) is 22.8. The molecule has 0 atom stereocenters. The molecule has 0 aliphatic heterocycles. The van der Waals surface area contributed by atoms with Crippen molar-refractivity contribution in [3.63, 3.8) is 0 Å². The molecule has 4 nitrogen and oxygen atoms in total. The molecule has 0 unspecified atom stereocenters. The lowest BCUT2D eigenvalue weighted by atomic mass is 9.77. The van der Waals surface area contributed by atoms with Gasteiger partial charge in [0, 0.05) is 11.1 Å². The maximum absolute atomic E-state index is 11.7. The fourth-order valence-corrected chi connectivity index (χ4v) is 2.18. The van der Waals surface area contributed by atoms with Crippen LogP contribution in [-0.2, 0) is 9.59 Å². The van der Waals surface area contributed by atoms with Gasteiger partial charge in [-0.25, -0.2) is 4.79 Å². The number of amides is 1. The van der Waals surface area contributed by atoms with Crippen LogP contribution in [0.2, 0.25) is 5.02 Å². The zero-order chi connectivity index (χ0) is 13.9. The van der Waals surface area contributed by atoms with E-state index < -0.39 is 17.4 Å². The van der Waals surface area contributed by atoms with Crippen LogP contribution >= 0.6 is 11.6 Å². The highest BCUT2D eigenvalue weighted by atomic mass is 35.5. The summed E-state index contributed by atoms with van der Waals surface area (Å²) in [5.74, 6) is -1.37. The molecule has 0 bridgehead atoms. The van der Waals surface area contributed by atoms with Gasteiger partial charge < -0.3 is 10.4 Å². The van der Waals surface area contributed by atoms with E-state index in [1.807, 2.05) is 6.07 Å². The number of rotatable bonds is 4. The van der Waals surface area contributed by atoms with E-state index in [1.54, 1.807) is 24.3 Å². The summed E-state index contributed by atoms with van der Waals surface area (Å²) < 4.78 is 0. The first-order chi connectivity index (χ1) is 9.02. The highest BCUT2D eigenvalue weighted by molar-refractivity contribution is 6.30. The van der Waals surface area contributed by atoms with Gasteiger partial charge in [0.1, 0.15) is 5.54 Å². The zero-order valence-electron chi connectivity index (χ0n) is 10.2. The predicted octanol–water partition coefficient (Wildman–Crippen LogP) is 2.48. The minimum atomic E-state index is -1.07. The SMILES string of the molecule is O=C(/C=C/c1cccc(Cl)c1)NC1(C(=O)O)CCC1. The van der Waals surface area contributed by atoms with Crippen LogP contribution in [0, 0.1) is 0 Å². The lowest BCUT2D eigenvalue weighted by molar-refractivity contribution is -0.151. The normalized spacial score (nSPS) is 16.9. The molecular formula is C14H14ClNO3. The molecule has 0 heterocycles. The standard InChI is InChI=1S/C14H14ClNO3/c15-11-4-1-3-10(9-11)5-6-12(17)16-14(13(18)19)7-2-8-14/h1,3-6,9H,2,7-8H2,(H,16,17)(H,18,19)/b6-5+. The Bertz CT molecular complexity index is 535. The smallest absolute Gasteiger partial charge is 0.329 e. The summed E-state index contributed by atoms with van der Waals surface area (Å²) in [7, 11) is 0. The van der Waals surface area contributed by atoms with Crippen molar-refractivity contribution in [2.45, 2.75) is 24.8 Å². The minimum absolute atomic E-state index is 0.401. The zero-order valence-corrected chi connectivity index (χ0v) is 11.0. The molecule has 1 saturated carbocycles. The molecule has 0 aromatic heterocycles. The summed E-state index contributed by atoms with van der Waals surface area (Å²) in [5, 5.41) is 12.2. The quantitative estimate of drug-likeness (QED) is 0.832. The number of aliphatic carboxylic acids is 1. The lowest BCUT2D eigenvalue weighted by Crippen LogP contribution is -2.58. The summed E-state index contributed by atoms with van der Waals surface area (Å²) >= 11 is 5.83. The number of carboxylic acid groups (broad SMARTS) is 1. The highest BCUT2D eigenvalue weighted by Crippen LogP contribution is 2.31. The van der Waals surface area contributed by atoms with Crippen molar-refractivity contribution in [1.29, 1.82) is 0 Å². The first-order valence-corrected chi connectivity index (χ1v) is 6.39. The van der Waals surface area contributed by atoms with Crippen LogP contribution in [0.1, 0.15) is 24.8 Å². The van der Waals surface area contributed by atoms with Gasteiger partial charge >= 0.3 is 5.97 Å². The van der Waals surface area contributed by atoms with Crippen LogP contribution in [0.25, 0.3) is 6.08 Å². The third-order valence-electron chi connectivity index (χ3n) is 3.25. The average Bonchev–Trinajstić information content (AvgIpc) is 2.31. The molecule has 0 saturated heterocycles. The molecule has 1 aliphatic carbocycles. The van der Waals surface area contributed by atoms with E-state index in [0.29, 0.717) is 17.9 Å². The van der Waals surface area contributed by atoms with Crippen LogP contribution in [0.3, 0.4) is 0 Å². The fraction of sp³-hybridized carbons (Fsp3) is 0.286. The number of carbonyl (C=O) groups is 2. The van der Waals surface area contributed by atoms with Gasteiger partial charge in [0.25, 0.3) is 0 Å². The van der Waals surface area contributed by atoms with Crippen molar-refractivity contribution >= 4 is 29.6 Å². The number of carbonyl (C=O) groups excluding carboxylic acids is 1. The van der Waals surface area contributed by atoms with Crippen LogP contribution in [0.4, 0.5) is 0 Å². The van der Waals surface area contributed by atoms with Gasteiger partial charge in [-0.1, -0.05) is 23.7 Å². The first kappa shape index (κ1) is 13.6. The monoisotopic (exact) mass is 279 g/mol. The molecule has 2 N–H and O–H groups in total. The van der Waals surface area contributed by atoms with Crippen LogP contribution in [-0.4, -0.2) is 22.5 Å². The second kappa shape index (κ2) is 5.45. The van der Waals surface area contributed by atoms with E-state index in [-0.39, 0.29) is 0 Å². The largest absolute Gasteiger partial charge is 0.480 e. The van der Waals surface area contributed by atoms with Crippen molar-refractivity contribution in [3.8, 4) is 0 Å². The van der Waals surface area contributed by atoms with Crippen LogP contribution in [0.15, 0.2) is 30.3 Å². The molecule has 19 heavy (non-hydrogen) atoms. The van der Waals surface area contributed by atoms with Gasteiger partial charge in [-0.2, -0.15) is 0 Å². The van der Waals surface area contributed by atoms with Gasteiger partial charge in [-0.3, -0.25) is 4.79 Å². The van der Waals surface area contributed by atoms with Crippen molar-refractivity contribution in [2.75, 3.05) is 0 Å². The first-order valence-electron chi connectivity index (χ1n) is 6.01. The number of nitrogens with one attached hydrogen (secondary N) is 1. The van der Waals surface area contributed by atoms with E-state index in [9.17, 15) is 9.59 Å². The minimum Gasteiger partial charge on any atom is -0.480 e. The third-order valence-corrected chi connectivity index (χ3v) is 3.49. The molecule has 1 aromatic rings. The maximum Gasteiger partial charge on any atom is 0.329 e. The topological polar surface area (TPSA) is 66.4 Å².